The van der Waals surface area contributed by atoms with Crippen LogP contribution in [0, 0.1) is 13.8 Å². The van der Waals surface area contributed by atoms with Crippen LogP contribution in [-0.2, 0) is 10.2 Å². The van der Waals surface area contributed by atoms with Crippen LogP contribution >= 0.6 is 0 Å². The maximum atomic E-state index is 13.5. The van der Waals surface area contributed by atoms with Gasteiger partial charge in [-0.05, 0) is 90.9 Å². The minimum absolute atomic E-state index is 0.0155. The quantitative estimate of drug-likeness (QED) is 0.568. The zero-order valence-electron chi connectivity index (χ0n) is 18.3. The number of likely N-dealkylation sites (N-methyl/N-ethyl adjacent to an activating group) is 1. The van der Waals surface area contributed by atoms with Gasteiger partial charge in [0.05, 0.1) is 12.5 Å². The minimum Gasteiger partial charge on any atom is -0.504 e. The molecule has 31 heavy (non-hydrogen) atoms. The molecule has 1 aliphatic carbocycles. The molecule has 0 saturated heterocycles. The molecule has 1 saturated carbocycles. The van der Waals surface area contributed by atoms with Crippen LogP contribution < -0.4 is 9.64 Å². The standard InChI is InChI=1S/C26H27NO4/c1-16-5-8-20(15-21(16)18-6-10-24(31-4)17(2)13-18)27(3)25(30)26(11-12-26)19-7-9-22(28)23(29)14-19/h5-10,13-15,28-29H,11-12H2,1-4H3. The number of amides is 1. The Kier molecular flexibility index (Phi) is 5.13. The molecule has 0 atom stereocenters. The Labute approximate surface area is 182 Å². The number of phenols is 2. The van der Waals surface area contributed by atoms with E-state index in [2.05, 4.69) is 13.0 Å². The lowest BCUT2D eigenvalue weighted by Crippen LogP contribution is -2.36. The summed E-state index contributed by atoms with van der Waals surface area (Å²) in [6.45, 7) is 4.07. The van der Waals surface area contributed by atoms with Crippen LogP contribution in [0.5, 0.6) is 17.2 Å². The Morgan fingerprint density at radius 1 is 0.935 bits per heavy atom. The number of hydrogen-bond donors (Lipinski definition) is 2. The number of carbonyl (C=O) groups excluding carboxylic acids is 1. The van der Waals surface area contributed by atoms with Gasteiger partial charge >= 0.3 is 0 Å². The first kappa shape index (κ1) is 20.8. The van der Waals surface area contributed by atoms with Gasteiger partial charge in [-0.2, -0.15) is 0 Å². The summed E-state index contributed by atoms with van der Waals surface area (Å²) < 4.78 is 5.38. The normalized spacial score (nSPS) is 14.2. The Morgan fingerprint density at radius 3 is 2.29 bits per heavy atom. The fourth-order valence-electron chi connectivity index (χ4n) is 4.19. The Balaban J connectivity index is 1.67. The van der Waals surface area contributed by atoms with Crippen molar-refractivity contribution < 1.29 is 19.7 Å². The second kappa shape index (κ2) is 7.65. The molecule has 3 aromatic rings. The number of phenolic OH excluding ortho intramolecular Hbond substituents is 2. The van der Waals surface area contributed by atoms with E-state index in [1.165, 1.54) is 12.1 Å². The molecule has 1 fully saturated rings. The van der Waals surface area contributed by atoms with E-state index in [1.54, 1.807) is 25.1 Å². The summed E-state index contributed by atoms with van der Waals surface area (Å²) in [5.41, 5.74) is 5.21. The first-order valence-corrected chi connectivity index (χ1v) is 10.3. The number of nitrogens with zero attached hydrogens (tertiary/aromatic N) is 1. The van der Waals surface area contributed by atoms with Crippen molar-refractivity contribution in [2.75, 3.05) is 19.1 Å². The van der Waals surface area contributed by atoms with E-state index in [9.17, 15) is 15.0 Å². The maximum Gasteiger partial charge on any atom is 0.237 e. The van der Waals surface area contributed by atoms with Crippen LogP contribution in [0.1, 0.15) is 29.5 Å². The predicted octanol–water partition coefficient (Wildman–Crippen LogP) is 5.08. The average Bonchev–Trinajstić information content (AvgIpc) is 3.57. The number of hydrogen-bond acceptors (Lipinski definition) is 4. The summed E-state index contributed by atoms with van der Waals surface area (Å²) in [7, 11) is 3.45. The molecule has 3 aromatic carbocycles. The van der Waals surface area contributed by atoms with Crippen molar-refractivity contribution in [2.45, 2.75) is 32.1 Å². The van der Waals surface area contributed by atoms with E-state index in [0.29, 0.717) is 0 Å². The van der Waals surface area contributed by atoms with Crippen molar-refractivity contribution in [1.82, 2.24) is 0 Å². The second-order valence-electron chi connectivity index (χ2n) is 8.33. The number of benzene rings is 3. The zero-order valence-corrected chi connectivity index (χ0v) is 18.3. The summed E-state index contributed by atoms with van der Waals surface area (Å²) in [5.74, 6) is 0.445. The van der Waals surface area contributed by atoms with E-state index < -0.39 is 5.41 Å². The van der Waals surface area contributed by atoms with Gasteiger partial charge in [-0.1, -0.05) is 18.2 Å². The van der Waals surface area contributed by atoms with E-state index >= 15 is 0 Å². The van der Waals surface area contributed by atoms with Crippen LogP contribution in [0.3, 0.4) is 0 Å². The number of methoxy groups -OCH3 is 1. The summed E-state index contributed by atoms with van der Waals surface area (Å²) in [4.78, 5) is 15.2. The first-order chi connectivity index (χ1) is 14.8. The number of rotatable bonds is 5. The number of aryl methyl sites for hydroxylation is 2. The number of carbonyl (C=O) groups is 1. The third-order valence-corrected chi connectivity index (χ3v) is 6.31. The number of aromatic hydroxyl groups is 2. The molecule has 0 radical (unpaired) electrons. The van der Waals surface area contributed by atoms with Crippen molar-refractivity contribution in [1.29, 1.82) is 0 Å². The van der Waals surface area contributed by atoms with E-state index in [-0.39, 0.29) is 17.4 Å². The van der Waals surface area contributed by atoms with Gasteiger partial charge in [-0.25, -0.2) is 0 Å². The van der Waals surface area contributed by atoms with E-state index in [1.807, 2.05) is 37.3 Å². The van der Waals surface area contributed by atoms with Crippen LogP contribution in [0.15, 0.2) is 54.6 Å². The number of ether oxygens (including phenoxy) is 1. The highest BCUT2D eigenvalue weighted by Gasteiger charge is 2.53. The highest BCUT2D eigenvalue weighted by Crippen LogP contribution is 2.51. The van der Waals surface area contributed by atoms with Gasteiger partial charge in [0, 0.05) is 12.7 Å². The van der Waals surface area contributed by atoms with Crippen LogP contribution in [-0.4, -0.2) is 30.3 Å². The molecule has 0 spiro atoms. The van der Waals surface area contributed by atoms with Crippen molar-refractivity contribution in [2.24, 2.45) is 0 Å². The van der Waals surface area contributed by atoms with Gasteiger partial charge in [0.1, 0.15) is 5.75 Å². The Bertz CT molecular complexity index is 1160. The molecular weight excluding hydrogens is 390 g/mol. The smallest absolute Gasteiger partial charge is 0.237 e. The lowest BCUT2D eigenvalue weighted by atomic mass is 9.93. The summed E-state index contributed by atoms with van der Waals surface area (Å²) in [6, 6.07) is 16.8. The second-order valence-corrected chi connectivity index (χ2v) is 8.33. The molecule has 0 bridgehead atoms. The Morgan fingerprint density at radius 2 is 1.68 bits per heavy atom. The minimum atomic E-state index is -0.651. The SMILES string of the molecule is COc1ccc(-c2cc(N(C)C(=O)C3(c4ccc(O)c(O)c4)CC3)ccc2C)cc1C. The third kappa shape index (κ3) is 3.61. The lowest BCUT2D eigenvalue weighted by molar-refractivity contribution is -0.120. The van der Waals surface area contributed by atoms with Crippen molar-refractivity contribution in [3.63, 3.8) is 0 Å². The van der Waals surface area contributed by atoms with Crippen molar-refractivity contribution in [3.05, 3.63) is 71.3 Å². The van der Waals surface area contributed by atoms with Gasteiger partial charge in [0.15, 0.2) is 11.5 Å². The first-order valence-electron chi connectivity index (χ1n) is 10.3. The van der Waals surface area contributed by atoms with Gasteiger partial charge in [0.25, 0.3) is 0 Å². The van der Waals surface area contributed by atoms with E-state index in [0.717, 1.165) is 52.1 Å². The topological polar surface area (TPSA) is 70.0 Å². The molecule has 5 heteroatoms. The summed E-state index contributed by atoms with van der Waals surface area (Å²) in [6.07, 6.45) is 1.44. The molecule has 4 rings (SSSR count). The summed E-state index contributed by atoms with van der Waals surface area (Å²) in [5, 5.41) is 19.5. The molecule has 0 aromatic heterocycles. The molecule has 0 unspecified atom stereocenters. The largest absolute Gasteiger partial charge is 0.504 e. The van der Waals surface area contributed by atoms with Crippen LogP contribution in [0.4, 0.5) is 5.69 Å². The number of anilines is 1. The fourth-order valence-corrected chi connectivity index (χ4v) is 4.19. The van der Waals surface area contributed by atoms with Gasteiger partial charge < -0.3 is 19.8 Å². The van der Waals surface area contributed by atoms with Gasteiger partial charge in [-0.15, -0.1) is 0 Å². The molecular formula is C26H27NO4. The average molecular weight is 418 g/mol. The molecule has 5 nitrogen and oxygen atoms in total. The highest BCUT2D eigenvalue weighted by molar-refractivity contribution is 6.03. The molecule has 0 heterocycles. The van der Waals surface area contributed by atoms with Crippen molar-refractivity contribution >= 4 is 11.6 Å². The lowest BCUT2D eigenvalue weighted by Gasteiger charge is -2.25. The van der Waals surface area contributed by atoms with Gasteiger partial charge in [-0.3, -0.25) is 4.79 Å². The maximum absolute atomic E-state index is 13.5. The molecule has 1 amide bonds. The van der Waals surface area contributed by atoms with Gasteiger partial charge in [0.2, 0.25) is 5.91 Å². The van der Waals surface area contributed by atoms with E-state index in [4.69, 9.17) is 4.74 Å². The summed E-state index contributed by atoms with van der Waals surface area (Å²) >= 11 is 0. The van der Waals surface area contributed by atoms with Crippen LogP contribution in [0.25, 0.3) is 11.1 Å². The fraction of sp³-hybridized carbons (Fsp3) is 0.269. The molecule has 1 aliphatic rings. The van der Waals surface area contributed by atoms with Crippen molar-refractivity contribution in [3.8, 4) is 28.4 Å². The predicted molar refractivity (Wildman–Crippen MR) is 122 cm³/mol. The molecule has 2 N–H and O–H groups in total. The third-order valence-electron chi connectivity index (χ3n) is 6.31. The monoisotopic (exact) mass is 417 g/mol. The highest BCUT2D eigenvalue weighted by atomic mass is 16.5. The molecule has 160 valence electrons. The van der Waals surface area contributed by atoms with Crippen LogP contribution in [0.2, 0.25) is 0 Å². The zero-order chi connectivity index (χ0) is 22.3. The molecule has 0 aliphatic heterocycles. The Hall–Kier alpha value is -3.47.